The van der Waals surface area contributed by atoms with Crippen molar-refractivity contribution in [1.29, 1.82) is 0 Å². The highest BCUT2D eigenvalue weighted by atomic mass is 32.2. The third kappa shape index (κ3) is 4.82. The Bertz CT molecular complexity index is 669. The average Bonchev–Trinajstić information content (AvgIpc) is 3.17. The highest BCUT2D eigenvalue weighted by molar-refractivity contribution is 7.89. The van der Waals surface area contributed by atoms with Gasteiger partial charge in [-0.25, -0.2) is 12.7 Å². The van der Waals surface area contributed by atoms with Crippen LogP contribution in [0.1, 0.15) is 37.7 Å². The van der Waals surface area contributed by atoms with Crippen molar-refractivity contribution in [1.82, 2.24) is 9.21 Å². The molecule has 0 spiro atoms. The molecule has 0 aliphatic carbocycles. The number of benzene rings is 1. The SMILES string of the molecule is O=C([C@@H]1CCCN(S(=O)(=O)CCCc2ccccc2)C1)N1CCCC1. The number of hydrogen-bond donors (Lipinski definition) is 0. The van der Waals surface area contributed by atoms with Gasteiger partial charge in [0.2, 0.25) is 15.9 Å². The molecule has 0 aromatic heterocycles. The number of carbonyl (C=O) groups is 1. The van der Waals surface area contributed by atoms with Gasteiger partial charge in [-0.3, -0.25) is 4.79 Å². The van der Waals surface area contributed by atoms with Crippen molar-refractivity contribution in [2.75, 3.05) is 31.9 Å². The van der Waals surface area contributed by atoms with Crippen LogP contribution < -0.4 is 0 Å². The molecule has 0 radical (unpaired) electrons. The smallest absolute Gasteiger partial charge is 0.227 e. The molecular weight excluding hydrogens is 336 g/mol. The fourth-order valence-corrected chi connectivity index (χ4v) is 5.41. The van der Waals surface area contributed by atoms with Crippen molar-refractivity contribution in [3.63, 3.8) is 0 Å². The van der Waals surface area contributed by atoms with Crippen LogP contribution in [0.15, 0.2) is 30.3 Å². The fraction of sp³-hybridized carbons (Fsp3) is 0.632. The normalized spacial score (nSPS) is 22.2. The van der Waals surface area contributed by atoms with E-state index in [1.165, 1.54) is 5.56 Å². The molecule has 1 amide bonds. The molecule has 25 heavy (non-hydrogen) atoms. The average molecular weight is 365 g/mol. The Balaban J connectivity index is 1.53. The van der Waals surface area contributed by atoms with E-state index in [1.807, 2.05) is 35.2 Å². The van der Waals surface area contributed by atoms with Gasteiger partial charge in [-0.15, -0.1) is 0 Å². The second kappa shape index (κ2) is 8.32. The Morgan fingerprint density at radius 1 is 1.04 bits per heavy atom. The Morgan fingerprint density at radius 3 is 2.48 bits per heavy atom. The summed E-state index contributed by atoms with van der Waals surface area (Å²) in [4.78, 5) is 14.5. The second-order valence-corrected chi connectivity index (χ2v) is 9.22. The van der Waals surface area contributed by atoms with Crippen LogP contribution in [0.4, 0.5) is 0 Å². The molecule has 1 atom stereocenters. The molecular formula is C19H28N2O3S. The number of piperidine rings is 1. The van der Waals surface area contributed by atoms with Gasteiger partial charge in [-0.1, -0.05) is 30.3 Å². The van der Waals surface area contributed by atoms with Crippen LogP contribution in [0.5, 0.6) is 0 Å². The first-order valence-electron chi connectivity index (χ1n) is 9.37. The van der Waals surface area contributed by atoms with Gasteiger partial charge in [0, 0.05) is 26.2 Å². The maximum absolute atomic E-state index is 12.7. The molecule has 0 bridgehead atoms. The predicted molar refractivity (Wildman–Crippen MR) is 98.7 cm³/mol. The predicted octanol–water partition coefficient (Wildman–Crippen LogP) is 2.28. The van der Waals surface area contributed by atoms with Gasteiger partial charge < -0.3 is 4.90 Å². The molecule has 2 aliphatic rings. The molecule has 2 aliphatic heterocycles. The minimum Gasteiger partial charge on any atom is -0.342 e. The highest BCUT2D eigenvalue weighted by Crippen LogP contribution is 2.23. The van der Waals surface area contributed by atoms with Crippen LogP contribution in [0, 0.1) is 5.92 Å². The number of aryl methyl sites for hydroxylation is 1. The van der Waals surface area contributed by atoms with Crippen LogP contribution in [0.3, 0.4) is 0 Å². The number of rotatable bonds is 6. The summed E-state index contributed by atoms with van der Waals surface area (Å²) < 4.78 is 26.9. The maximum atomic E-state index is 12.7. The van der Waals surface area contributed by atoms with Gasteiger partial charge in [-0.2, -0.15) is 0 Å². The summed E-state index contributed by atoms with van der Waals surface area (Å²) in [5.41, 5.74) is 1.17. The third-order valence-corrected chi connectivity index (χ3v) is 7.18. The van der Waals surface area contributed by atoms with Crippen LogP contribution in [0.2, 0.25) is 0 Å². The quantitative estimate of drug-likeness (QED) is 0.778. The molecule has 2 saturated heterocycles. The Morgan fingerprint density at radius 2 is 1.76 bits per heavy atom. The molecule has 1 aromatic carbocycles. The van der Waals surface area contributed by atoms with E-state index in [-0.39, 0.29) is 17.6 Å². The molecule has 0 unspecified atom stereocenters. The molecule has 5 nitrogen and oxygen atoms in total. The van der Waals surface area contributed by atoms with E-state index < -0.39 is 10.0 Å². The van der Waals surface area contributed by atoms with Crippen LogP contribution in [0.25, 0.3) is 0 Å². The van der Waals surface area contributed by atoms with E-state index in [2.05, 4.69) is 0 Å². The number of carbonyl (C=O) groups excluding carboxylic acids is 1. The lowest BCUT2D eigenvalue weighted by atomic mass is 9.98. The first-order chi connectivity index (χ1) is 12.1. The van der Waals surface area contributed by atoms with Gasteiger partial charge >= 0.3 is 0 Å². The number of nitrogens with zero attached hydrogens (tertiary/aromatic N) is 2. The van der Waals surface area contributed by atoms with Crippen molar-refractivity contribution in [3.05, 3.63) is 35.9 Å². The fourth-order valence-electron chi connectivity index (χ4n) is 3.82. The van der Waals surface area contributed by atoms with Gasteiger partial charge in [-0.05, 0) is 44.1 Å². The van der Waals surface area contributed by atoms with E-state index in [1.54, 1.807) is 4.31 Å². The van der Waals surface area contributed by atoms with E-state index in [0.717, 1.165) is 45.2 Å². The zero-order chi connectivity index (χ0) is 17.7. The minimum atomic E-state index is -3.28. The van der Waals surface area contributed by atoms with E-state index in [4.69, 9.17) is 0 Å². The molecule has 2 fully saturated rings. The molecule has 1 aromatic rings. The molecule has 2 heterocycles. The standard InChI is InChI=1S/C19H28N2O3S/c22-19(20-12-4-5-13-20)18-11-6-14-21(16-18)25(23,24)15-7-10-17-8-2-1-3-9-17/h1-3,8-9,18H,4-7,10-16H2/t18-/m1/s1. The van der Waals surface area contributed by atoms with Crippen molar-refractivity contribution in [2.45, 2.75) is 38.5 Å². The lowest BCUT2D eigenvalue weighted by Crippen LogP contribution is -2.46. The third-order valence-electron chi connectivity index (χ3n) is 5.26. The Labute approximate surface area is 151 Å². The van der Waals surface area contributed by atoms with Gasteiger partial charge in [0.15, 0.2) is 0 Å². The van der Waals surface area contributed by atoms with E-state index >= 15 is 0 Å². The lowest BCUT2D eigenvalue weighted by molar-refractivity contribution is -0.135. The minimum absolute atomic E-state index is 0.154. The maximum Gasteiger partial charge on any atom is 0.227 e. The molecule has 3 rings (SSSR count). The summed E-state index contributed by atoms with van der Waals surface area (Å²) in [5, 5.41) is 0. The second-order valence-electron chi connectivity index (χ2n) is 7.13. The van der Waals surface area contributed by atoms with Crippen molar-refractivity contribution < 1.29 is 13.2 Å². The van der Waals surface area contributed by atoms with Gasteiger partial charge in [0.1, 0.15) is 0 Å². The lowest BCUT2D eigenvalue weighted by Gasteiger charge is -2.33. The summed E-state index contributed by atoms with van der Waals surface area (Å²) in [5.74, 6) is 0.157. The van der Waals surface area contributed by atoms with Gasteiger partial charge in [0.25, 0.3) is 0 Å². The molecule has 0 N–H and O–H groups in total. The molecule has 0 saturated carbocycles. The largest absolute Gasteiger partial charge is 0.342 e. The number of hydrogen-bond acceptors (Lipinski definition) is 3. The van der Waals surface area contributed by atoms with Crippen LogP contribution in [-0.2, 0) is 21.2 Å². The van der Waals surface area contributed by atoms with Crippen molar-refractivity contribution >= 4 is 15.9 Å². The number of likely N-dealkylation sites (tertiary alicyclic amines) is 1. The summed E-state index contributed by atoms with van der Waals surface area (Å²) in [6.07, 6.45) is 5.12. The topological polar surface area (TPSA) is 57.7 Å². The first-order valence-corrected chi connectivity index (χ1v) is 11.0. The highest BCUT2D eigenvalue weighted by Gasteiger charge is 2.34. The van der Waals surface area contributed by atoms with Crippen molar-refractivity contribution in [2.24, 2.45) is 5.92 Å². The summed E-state index contributed by atoms with van der Waals surface area (Å²) in [6, 6.07) is 9.97. The zero-order valence-corrected chi connectivity index (χ0v) is 15.6. The summed E-state index contributed by atoms with van der Waals surface area (Å²) >= 11 is 0. The first kappa shape index (κ1) is 18.4. The summed E-state index contributed by atoms with van der Waals surface area (Å²) in [7, 11) is -3.28. The van der Waals surface area contributed by atoms with Gasteiger partial charge in [0.05, 0.1) is 11.7 Å². The number of amides is 1. The Hall–Kier alpha value is -1.40. The molecule has 138 valence electrons. The van der Waals surface area contributed by atoms with Crippen LogP contribution in [-0.4, -0.2) is 55.5 Å². The van der Waals surface area contributed by atoms with E-state index in [9.17, 15) is 13.2 Å². The molecule has 6 heteroatoms. The van der Waals surface area contributed by atoms with Crippen molar-refractivity contribution in [3.8, 4) is 0 Å². The zero-order valence-electron chi connectivity index (χ0n) is 14.8. The van der Waals surface area contributed by atoms with E-state index in [0.29, 0.717) is 19.5 Å². The Kier molecular flexibility index (Phi) is 6.12. The summed E-state index contributed by atoms with van der Waals surface area (Å²) in [6.45, 7) is 2.58. The van der Waals surface area contributed by atoms with Crippen LogP contribution >= 0.6 is 0 Å². The monoisotopic (exact) mass is 364 g/mol. The number of sulfonamides is 1.